The highest BCUT2D eigenvalue weighted by atomic mass is 32.2. The van der Waals surface area contributed by atoms with E-state index in [1.807, 2.05) is 0 Å². The minimum atomic E-state index is -0.431. The van der Waals surface area contributed by atoms with Crippen LogP contribution in [0.5, 0.6) is 0 Å². The normalized spacial score (nSPS) is 23.0. The second-order valence-corrected chi connectivity index (χ2v) is 10.2. The topological polar surface area (TPSA) is 70.4 Å². The summed E-state index contributed by atoms with van der Waals surface area (Å²) in [6.45, 7) is 5.26. The Morgan fingerprint density at radius 2 is 2.29 bits per heavy atom. The number of nitrogens with zero attached hydrogens (tertiary/aromatic N) is 2. The summed E-state index contributed by atoms with van der Waals surface area (Å²) in [5, 5.41) is 0.928. The molecule has 0 saturated carbocycles. The summed E-state index contributed by atoms with van der Waals surface area (Å²) in [7, 11) is 1.38. The molecular formula is C20H26N2O4S2. The molecular weight excluding hydrogens is 396 g/mol. The first kappa shape index (κ1) is 19.9. The van der Waals surface area contributed by atoms with Crippen LogP contribution in [0.4, 0.5) is 0 Å². The highest BCUT2D eigenvalue weighted by Gasteiger charge is 2.27. The molecule has 1 aliphatic heterocycles. The van der Waals surface area contributed by atoms with E-state index in [1.54, 1.807) is 22.8 Å². The van der Waals surface area contributed by atoms with E-state index < -0.39 is 5.25 Å². The smallest absolute Gasteiger partial charge is 0.318 e. The van der Waals surface area contributed by atoms with Crippen LogP contribution in [0.25, 0.3) is 10.2 Å². The maximum atomic E-state index is 13.5. The van der Waals surface area contributed by atoms with Crippen LogP contribution in [-0.4, -0.2) is 40.6 Å². The molecule has 1 aliphatic carbocycles. The first-order valence-electron chi connectivity index (χ1n) is 9.89. The lowest BCUT2D eigenvalue weighted by Gasteiger charge is -2.19. The van der Waals surface area contributed by atoms with Crippen LogP contribution < -0.4 is 5.56 Å². The summed E-state index contributed by atoms with van der Waals surface area (Å²) >= 11 is 2.93. The standard InChI is InChI=1S/C20H26N2O4S2/c1-11-6-7-14-15(9-11)28-17-16(14)18(23)22(10-13-5-4-8-26-13)20(21-17)27-12(2)19(24)25-3/h11-13H,4-10H2,1-3H3/t11-,12-,13+/m1/s1. The second kappa shape index (κ2) is 8.16. The van der Waals surface area contributed by atoms with Gasteiger partial charge in [0.1, 0.15) is 10.1 Å². The molecule has 8 heteroatoms. The summed E-state index contributed by atoms with van der Waals surface area (Å²) in [4.78, 5) is 32.4. The summed E-state index contributed by atoms with van der Waals surface area (Å²) in [5.41, 5.74) is 1.20. The van der Waals surface area contributed by atoms with Crippen LogP contribution in [0.15, 0.2) is 9.95 Å². The van der Waals surface area contributed by atoms with Crippen molar-refractivity contribution >= 4 is 39.3 Å². The average Bonchev–Trinajstić information content (AvgIpc) is 3.30. The number of fused-ring (bicyclic) bond motifs is 3. The fourth-order valence-corrected chi connectivity index (χ4v) is 6.39. The fraction of sp³-hybridized carbons (Fsp3) is 0.650. The van der Waals surface area contributed by atoms with Gasteiger partial charge in [0.15, 0.2) is 5.16 Å². The third kappa shape index (κ3) is 3.74. The number of carbonyl (C=O) groups excluding carboxylic acids is 1. The second-order valence-electron chi connectivity index (χ2n) is 7.76. The number of carbonyl (C=O) groups is 1. The predicted molar refractivity (Wildman–Crippen MR) is 111 cm³/mol. The van der Waals surface area contributed by atoms with Gasteiger partial charge in [0.2, 0.25) is 0 Å². The molecule has 0 aromatic carbocycles. The van der Waals surface area contributed by atoms with Gasteiger partial charge in [-0.25, -0.2) is 4.98 Å². The number of rotatable bonds is 5. The monoisotopic (exact) mass is 422 g/mol. The molecule has 2 aliphatic rings. The number of ether oxygens (including phenoxy) is 2. The van der Waals surface area contributed by atoms with Gasteiger partial charge in [0.05, 0.1) is 25.1 Å². The van der Waals surface area contributed by atoms with Crippen LogP contribution in [0.1, 0.15) is 43.6 Å². The molecule has 4 rings (SSSR count). The Kier molecular flexibility index (Phi) is 5.81. The molecule has 0 bridgehead atoms. The lowest BCUT2D eigenvalue weighted by molar-refractivity contribution is -0.139. The van der Waals surface area contributed by atoms with Gasteiger partial charge in [0.25, 0.3) is 5.56 Å². The van der Waals surface area contributed by atoms with Crippen LogP contribution in [0.2, 0.25) is 0 Å². The zero-order valence-electron chi connectivity index (χ0n) is 16.5. The number of hydrogen-bond acceptors (Lipinski definition) is 7. The molecule has 28 heavy (non-hydrogen) atoms. The summed E-state index contributed by atoms with van der Waals surface area (Å²) in [6.07, 6.45) is 5.06. The van der Waals surface area contributed by atoms with Crippen molar-refractivity contribution in [1.29, 1.82) is 0 Å². The van der Waals surface area contributed by atoms with Crippen molar-refractivity contribution in [2.45, 2.75) is 69.0 Å². The Balaban J connectivity index is 1.80. The van der Waals surface area contributed by atoms with Crippen LogP contribution in [-0.2, 0) is 33.7 Å². The Morgan fingerprint density at radius 1 is 1.46 bits per heavy atom. The van der Waals surface area contributed by atoms with Crippen molar-refractivity contribution in [2.24, 2.45) is 5.92 Å². The Morgan fingerprint density at radius 3 is 3.00 bits per heavy atom. The molecule has 3 atom stereocenters. The summed E-state index contributed by atoms with van der Waals surface area (Å²) in [5.74, 6) is 0.324. The average molecular weight is 423 g/mol. The van der Waals surface area contributed by atoms with E-state index in [4.69, 9.17) is 14.5 Å². The van der Waals surface area contributed by atoms with E-state index in [0.29, 0.717) is 17.6 Å². The Bertz CT molecular complexity index is 946. The molecule has 0 amide bonds. The van der Waals surface area contributed by atoms with E-state index in [2.05, 4.69) is 6.92 Å². The zero-order valence-corrected chi connectivity index (χ0v) is 18.2. The van der Waals surface area contributed by atoms with Gasteiger partial charge in [-0.1, -0.05) is 18.7 Å². The van der Waals surface area contributed by atoms with E-state index in [1.165, 1.54) is 29.3 Å². The molecule has 0 unspecified atom stereocenters. The minimum Gasteiger partial charge on any atom is -0.468 e. The third-order valence-electron chi connectivity index (χ3n) is 5.61. The van der Waals surface area contributed by atoms with Gasteiger partial charge in [-0.3, -0.25) is 14.2 Å². The third-order valence-corrected chi connectivity index (χ3v) is 7.82. The Labute approximate surface area is 172 Å². The van der Waals surface area contributed by atoms with Gasteiger partial charge < -0.3 is 9.47 Å². The first-order valence-corrected chi connectivity index (χ1v) is 11.6. The van der Waals surface area contributed by atoms with Crippen LogP contribution in [0.3, 0.4) is 0 Å². The maximum absolute atomic E-state index is 13.5. The number of methoxy groups -OCH3 is 1. The number of thioether (sulfide) groups is 1. The van der Waals surface area contributed by atoms with Crippen molar-refractivity contribution in [2.75, 3.05) is 13.7 Å². The van der Waals surface area contributed by atoms with Crippen molar-refractivity contribution in [3.05, 3.63) is 20.8 Å². The van der Waals surface area contributed by atoms with Gasteiger partial charge in [-0.05, 0) is 50.5 Å². The molecule has 2 aromatic heterocycles. The molecule has 6 nitrogen and oxygen atoms in total. The number of esters is 1. The van der Waals surface area contributed by atoms with E-state index in [0.717, 1.165) is 48.9 Å². The van der Waals surface area contributed by atoms with Crippen molar-refractivity contribution in [3.8, 4) is 0 Å². The minimum absolute atomic E-state index is 0.00659. The van der Waals surface area contributed by atoms with E-state index in [9.17, 15) is 9.59 Å². The summed E-state index contributed by atoms with van der Waals surface area (Å²) < 4.78 is 12.4. The number of aromatic nitrogens is 2. The lowest BCUT2D eigenvalue weighted by atomic mass is 9.89. The van der Waals surface area contributed by atoms with E-state index >= 15 is 0 Å². The van der Waals surface area contributed by atoms with E-state index in [-0.39, 0.29) is 17.6 Å². The Hall–Kier alpha value is -1.38. The van der Waals surface area contributed by atoms with Crippen LogP contribution in [0, 0.1) is 5.92 Å². The van der Waals surface area contributed by atoms with Gasteiger partial charge in [-0.15, -0.1) is 11.3 Å². The molecule has 2 aromatic rings. The quantitative estimate of drug-likeness (QED) is 0.418. The van der Waals surface area contributed by atoms with Crippen molar-refractivity contribution in [1.82, 2.24) is 9.55 Å². The molecule has 0 spiro atoms. The first-order chi connectivity index (χ1) is 13.5. The van der Waals surface area contributed by atoms with Crippen molar-refractivity contribution in [3.63, 3.8) is 0 Å². The highest BCUT2D eigenvalue weighted by Crippen LogP contribution is 2.37. The van der Waals surface area contributed by atoms with Crippen LogP contribution >= 0.6 is 23.1 Å². The number of hydrogen-bond donors (Lipinski definition) is 0. The predicted octanol–water partition coefficient (Wildman–Crippen LogP) is 3.42. The molecule has 0 N–H and O–H groups in total. The largest absolute Gasteiger partial charge is 0.468 e. The number of aryl methyl sites for hydroxylation is 1. The molecule has 3 heterocycles. The molecule has 1 fully saturated rings. The maximum Gasteiger partial charge on any atom is 0.318 e. The highest BCUT2D eigenvalue weighted by molar-refractivity contribution is 8.00. The van der Waals surface area contributed by atoms with Gasteiger partial charge >= 0.3 is 5.97 Å². The van der Waals surface area contributed by atoms with Gasteiger partial charge in [-0.2, -0.15) is 0 Å². The fourth-order valence-electron chi connectivity index (χ4n) is 4.02. The lowest BCUT2D eigenvalue weighted by Crippen LogP contribution is -2.30. The molecule has 0 radical (unpaired) electrons. The van der Waals surface area contributed by atoms with Gasteiger partial charge in [0, 0.05) is 11.5 Å². The summed E-state index contributed by atoms with van der Waals surface area (Å²) in [6, 6.07) is 0. The number of thiophene rings is 1. The SMILES string of the molecule is COC(=O)[C@@H](C)Sc1nc2sc3c(c2c(=O)n1C[C@@H]1CCCO1)CC[C@@H](C)C3. The van der Waals surface area contributed by atoms with Crippen molar-refractivity contribution < 1.29 is 14.3 Å². The zero-order chi connectivity index (χ0) is 19.8. The molecule has 152 valence electrons. The molecule has 1 saturated heterocycles.